The highest BCUT2D eigenvalue weighted by atomic mass is 32.1. The molecule has 0 fully saturated rings. The van der Waals surface area contributed by atoms with Crippen molar-refractivity contribution >= 4 is 51.3 Å². The van der Waals surface area contributed by atoms with E-state index in [1.165, 1.54) is 10.9 Å². The van der Waals surface area contributed by atoms with Crippen molar-refractivity contribution in [2.75, 3.05) is 5.32 Å². The predicted octanol–water partition coefficient (Wildman–Crippen LogP) is 3.12. The quantitative estimate of drug-likeness (QED) is 0.348. The molecule has 3 amide bonds. The van der Waals surface area contributed by atoms with Crippen molar-refractivity contribution in [1.29, 1.82) is 0 Å². The number of hydrazine groups is 1. The average Bonchev–Trinajstić information content (AvgIpc) is 3.11. The second-order valence-electron chi connectivity index (χ2n) is 5.69. The molecule has 0 bridgehead atoms. The molecular weight excluding hydrogens is 390 g/mol. The van der Waals surface area contributed by atoms with E-state index < -0.39 is 16.9 Å². The number of urea groups is 1. The van der Waals surface area contributed by atoms with Gasteiger partial charge in [0.15, 0.2) is 5.11 Å². The third-order valence-corrected chi connectivity index (χ3v) is 4.46. The Labute approximate surface area is 164 Å². The molecule has 0 unspecified atom stereocenters. The molecule has 0 atom stereocenters. The van der Waals surface area contributed by atoms with Gasteiger partial charge in [0.25, 0.3) is 5.91 Å². The Bertz CT molecular complexity index is 864. The summed E-state index contributed by atoms with van der Waals surface area (Å²) >= 11 is 5.85. The molecule has 4 N–H and O–H groups in total. The number of rotatable bonds is 4. The van der Waals surface area contributed by atoms with Crippen LogP contribution in [0.1, 0.15) is 35.7 Å². The summed E-state index contributed by atoms with van der Waals surface area (Å²) in [7, 11) is 0. The number of benzene rings is 1. The first-order valence-corrected chi connectivity index (χ1v) is 9.06. The van der Waals surface area contributed by atoms with Crippen molar-refractivity contribution in [3.05, 3.63) is 57.0 Å². The van der Waals surface area contributed by atoms with Gasteiger partial charge in [-0.2, -0.15) is 0 Å². The lowest BCUT2D eigenvalue weighted by Gasteiger charge is -2.12. The molecule has 2 aromatic rings. The molecule has 1 aromatic carbocycles. The standard InChI is InChI=1S/C16H17N5O4S2/c1-9(2)10-3-5-12(6-4-10)17-16(26)20-19-15(23)18-14(22)11-7-13(21(24)25)27-8-11/h3-9H,1-2H3,(H2,17,20,26)(H2,18,19,22,23). The van der Waals surface area contributed by atoms with Crippen LogP contribution in [0.25, 0.3) is 0 Å². The van der Waals surface area contributed by atoms with Crippen molar-refractivity contribution < 1.29 is 14.5 Å². The van der Waals surface area contributed by atoms with Gasteiger partial charge in [0.05, 0.1) is 10.5 Å². The van der Waals surface area contributed by atoms with Crippen LogP contribution in [0, 0.1) is 10.1 Å². The number of imide groups is 1. The molecular formula is C16H17N5O4S2. The molecule has 0 aliphatic carbocycles. The predicted molar refractivity (Wildman–Crippen MR) is 107 cm³/mol. The van der Waals surface area contributed by atoms with E-state index in [4.69, 9.17) is 12.2 Å². The molecule has 0 aliphatic heterocycles. The number of hydrogen-bond acceptors (Lipinski definition) is 6. The number of nitrogens with one attached hydrogen (secondary N) is 4. The molecule has 0 spiro atoms. The van der Waals surface area contributed by atoms with Crippen LogP contribution in [0.4, 0.5) is 15.5 Å². The Morgan fingerprint density at radius 3 is 2.41 bits per heavy atom. The van der Waals surface area contributed by atoms with Crippen molar-refractivity contribution in [3.63, 3.8) is 0 Å². The summed E-state index contributed by atoms with van der Waals surface area (Å²) in [5.74, 6) is -0.349. The molecule has 1 aromatic heterocycles. The topological polar surface area (TPSA) is 125 Å². The van der Waals surface area contributed by atoms with Gasteiger partial charge in [0.2, 0.25) is 0 Å². The fraction of sp³-hybridized carbons (Fsp3) is 0.188. The van der Waals surface area contributed by atoms with Gasteiger partial charge in [-0.05, 0) is 35.8 Å². The van der Waals surface area contributed by atoms with Gasteiger partial charge in [0.1, 0.15) is 0 Å². The van der Waals surface area contributed by atoms with Gasteiger partial charge in [-0.3, -0.25) is 25.7 Å². The minimum absolute atomic E-state index is 0.0211. The normalized spacial score (nSPS) is 10.2. The number of thiocarbonyl (C=S) groups is 1. The lowest BCUT2D eigenvalue weighted by molar-refractivity contribution is -0.380. The van der Waals surface area contributed by atoms with Gasteiger partial charge >= 0.3 is 11.0 Å². The first-order chi connectivity index (χ1) is 12.8. The highest BCUT2D eigenvalue weighted by molar-refractivity contribution is 7.80. The van der Waals surface area contributed by atoms with Gasteiger partial charge in [-0.1, -0.05) is 37.3 Å². The lowest BCUT2D eigenvalue weighted by Crippen LogP contribution is -2.49. The molecule has 0 radical (unpaired) electrons. The molecule has 1 heterocycles. The van der Waals surface area contributed by atoms with Gasteiger partial charge in [-0.15, -0.1) is 0 Å². The highest BCUT2D eigenvalue weighted by Crippen LogP contribution is 2.22. The Hall–Kier alpha value is -3.05. The van der Waals surface area contributed by atoms with Crippen LogP contribution in [-0.2, 0) is 0 Å². The summed E-state index contributed by atoms with van der Waals surface area (Å²) in [5.41, 5.74) is 6.60. The Kier molecular flexibility index (Phi) is 6.79. The first kappa shape index (κ1) is 20.3. The summed E-state index contributed by atoms with van der Waals surface area (Å²) in [4.78, 5) is 33.6. The third-order valence-electron chi connectivity index (χ3n) is 3.38. The maximum atomic E-state index is 11.8. The van der Waals surface area contributed by atoms with Crippen LogP contribution in [0.15, 0.2) is 35.7 Å². The van der Waals surface area contributed by atoms with E-state index in [0.29, 0.717) is 5.92 Å². The number of amides is 3. The van der Waals surface area contributed by atoms with Crippen LogP contribution in [0.5, 0.6) is 0 Å². The molecule has 0 saturated heterocycles. The van der Waals surface area contributed by atoms with Crippen LogP contribution in [-0.4, -0.2) is 22.0 Å². The minimum atomic E-state index is -0.854. The molecule has 0 aliphatic rings. The van der Waals surface area contributed by atoms with Crippen LogP contribution >= 0.6 is 23.6 Å². The molecule has 27 heavy (non-hydrogen) atoms. The Balaban J connectivity index is 1.79. The van der Waals surface area contributed by atoms with Crippen molar-refractivity contribution in [1.82, 2.24) is 16.2 Å². The molecule has 2 rings (SSSR count). The Morgan fingerprint density at radius 1 is 1.19 bits per heavy atom. The zero-order valence-electron chi connectivity index (χ0n) is 14.4. The number of anilines is 1. The number of hydrogen-bond donors (Lipinski definition) is 4. The van der Waals surface area contributed by atoms with E-state index in [1.807, 2.05) is 29.6 Å². The summed E-state index contributed by atoms with van der Waals surface area (Å²) in [5, 5.41) is 16.8. The van der Waals surface area contributed by atoms with Crippen LogP contribution in [0.2, 0.25) is 0 Å². The minimum Gasteiger partial charge on any atom is -0.331 e. The Morgan fingerprint density at radius 2 is 1.85 bits per heavy atom. The number of nitrogens with zero attached hydrogens (tertiary/aromatic N) is 1. The molecule has 142 valence electrons. The van der Waals surface area contributed by atoms with E-state index in [0.717, 1.165) is 23.1 Å². The maximum absolute atomic E-state index is 11.8. The maximum Gasteiger partial charge on any atom is 0.340 e. The van der Waals surface area contributed by atoms with Crippen molar-refractivity contribution in [2.45, 2.75) is 19.8 Å². The molecule has 9 nitrogen and oxygen atoms in total. The number of thiophene rings is 1. The summed E-state index contributed by atoms with van der Waals surface area (Å²) in [6.45, 7) is 4.18. The zero-order valence-corrected chi connectivity index (χ0v) is 16.1. The molecule has 0 saturated carbocycles. The fourth-order valence-electron chi connectivity index (χ4n) is 1.97. The SMILES string of the molecule is CC(C)c1ccc(NC(=S)NNC(=O)NC(=O)c2csc([N+](=O)[O-])c2)cc1. The first-order valence-electron chi connectivity index (χ1n) is 7.77. The van der Waals surface area contributed by atoms with Crippen LogP contribution < -0.4 is 21.5 Å². The smallest absolute Gasteiger partial charge is 0.331 e. The second kappa shape index (κ2) is 9.05. The van der Waals surface area contributed by atoms with Gasteiger partial charge < -0.3 is 5.32 Å². The average molecular weight is 407 g/mol. The zero-order chi connectivity index (χ0) is 20.0. The number of carbonyl (C=O) groups is 2. The van der Waals surface area contributed by atoms with E-state index in [2.05, 4.69) is 30.0 Å². The highest BCUT2D eigenvalue weighted by Gasteiger charge is 2.16. The summed E-state index contributed by atoms with van der Waals surface area (Å²) in [6, 6.07) is 7.89. The molecule has 11 heteroatoms. The van der Waals surface area contributed by atoms with Crippen LogP contribution in [0.3, 0.4) is 0 Å². The van der Waals surface area contributed by atoms with Gasteiger partial charge in [0, 0.05) is 17.1 Å². The van der Waals surface area contributed by atoms with E-state index >= 15 is 0 Å². The second-order valence-corrected chi connectivity index (χ2v) is 6.99. The fourth-order valence-corrected chi connectivity index (χ4v) is 2.85. The van der Waals surface area contributed by atoms with E-state index in [9.17, 15) is 19.7 Å². The van der Waals surface area contributed by atoms with Crippen molar-refractivity contribution in [3.8, 4) is 0 Å². The number of nitro groups is 1. The summed E-state index contributed by atoms with van der Waals surface area (Å²) in [6.07, 6.45) is 0. The third kappa shape index (κ3) is 6.01. The van der Waals surface area contributed by atoms with Crippen molar-refractivity contribution in [2.24, 2.45) is 0 Å². The number of carbonyl (C=O) groups excluding carboxylic acids is 2. The largest absolute Gasteiger partial charge is 0.340 e. The van der Waals surface area contributed by atoms with E-state index in [-0.39, 0.29) is 15.7 Å². The van der Waals surface area contributed by atoms with E-state index in [1.54, 1.807) is 0 Å². The summed E-state index contributed by atoms with van der Waals surface area (Å²) < 4.78 is 0. The monoisotopic (exact) mass is 407 g/mol. The van der Waals surface area contributed by atoms with Gasteiger partial charge in [-0.25, -0.2) is 10.2 Å². The lowest BCUT2D eigenvalue weighted by atomic mass is 10.0.